The Morgan fingerprint density at radius 2 is 1.83 bits per heavy atom. The van der Waals surface area contributed by atoms with Crippen molar-refractivity contribution in [2.45, 2.75) is 18.9 Å². The highest BCUT2D eigenvalue weighted by Crippen LogP contribution is 2.29. The van der Waals surface area contributed by atoms with Gasteiger partial charge in [0.1, 0.15) is 5.76 Å². The fourth-order valence-corrected chi connectivity index (χ4v) is 3.61. The van der Waals surface area contributed by atoms with Crippen LogP contribution in [-0.4, -0.2) is 47.9 Å². The third-order valence-electron chi connectivity index (χ3n) is 4.96. The van der Waals surface area contributed by atoms with Gasteiger partial charge in [-0.25, -0.2) is 0 Å². The predicted octanol–water partition coefficient (Wildman–Crippen LogP) is 2.45. The molecule has 5 heteroatoms. The van der Waals surface area contributed by atoms with Gasteiger partial charge < -0.3 is 20.0 Å². The number of carbonyl (C=O) groups is 1. The van der Waals surface area contributed by atoms with E-state index in [1.54, 1.807) is 6.07 Å². The fourth-order valence-electron chi connectivity index (χ4n) is 3.61. The molecule has 1 aromatic heterocycles. The first-order valence-corrected chi connectivity index (χ1v) is 8.20. The van der Waals surface area contributed by atoms with Crippen LogP contribution in [-0.2, 0) is 0 Å². The number of benzene rings is 1. The molecule has 2 bridgehead atoms. The van der Waals surface area contributed by atoms with Crippen molar-refractivity contribution in [2.24, 2.45) is 0 Å². The van der Waals surface area contributed by atoms with Crippen LogP contribution < -0.4 is 5.73 Å². The zero-order chi connectivity index (χ0) is 15.8. The average Bonchev–Trinajstić information content (AvgIpc) is 2.87. The number of anilines is 1. The van der Waals surface area contributed by atoms with Crippen LogP contribution in [0.15, 0.2) is 40.8 Å². The van der Waals surface area contributed by atoms with E-state index in [1.807, 2.05) is 35.2 Å². The van der Waals surface area contributed by atoms with Gasteiger partial charge in [-0.3, -0.25) is 4.79 Å². The monoisotopic (exact) mass is 311 g/mol. The molecule has 0 spiro atoms. The van der Waals surface area contributed by atoms with Crippen molar-refractivity contribution in [3.05, 3.63) is 42.2 Å². The van der Waals surface area contributed by atoms with Crippen LogP contribution in [0.1, 0.15) is 23.4 Å². The normalized spacial score (nSPS) is 23.7. The highest BCUT2D eigenvalue weighted by molar-refractivity contribution is 5.92. The van der Waals surface area contributed by atoms with Crippen LogP contribution in [0.5, 0.6) is 0 Å². The first kappa shape index (κ1) is 14.3. The standard InChI is InChI=1S/C18H21N3O2/c19-15-4-2-1-3-14(15)16-5-6-17(23-16)18(22)21-12-11-20-9-7-13(21)8-10-20/h1-6,13H,7-12,19H2. The molecule has 0 radical (unpaired) electrons. The second kappa shape index (κ2) is 5.74. The summed E-state index contributed by atoms with van der Waals surface area (Å²) in [6.07, 6.45) is 2.12. The van der Waals surface area contributed by atoms with Gasteiger partial charge in [-0.15, -0.1) is 0 Å². The molecule has 0 unspecified atom stereocenters. The number of amides is 1. The van der Waals surface area contributed by atoms with E-state index in [-0.39, 0.29) is 5.91 Å². The first-order chi connectivity index (χ1) is 11.2. The van der Waals surface area contributed by atoms with Crippen molar-refractivity contribution in [3.63, 3.8) is 0 Å². The van der Waals surface area contributed by atoms with Crippen LogP contribution in [0.2, 0.25) is 0 Å². The Morgan fingerprint density at radius 3 is 2.61 bits per heavy atom. The van der Waals surface area contributed by atoms with E-state index in [0.717, 1.165) is 44.6 Å². The maximum Gasteiger partial charge on any atom is 0.289 e. The quantitative estimate of drug-likeness (QED) is 0.865. The molecule has 4 heterocycles. The van der Waals surface area contributed by atoms with Crippen molar-refractivity contribution >= 4 is 11.6 Å². The minimum Gasteiger partial charge on any atom is -0.451 e. The van der Waals surface area contributed by atoms with Crippen molar-refractivity contribution in [1.82, 2.24) is 9.80 Å². The lowest BCUT2D eigenvalue weighted by atomic mass is 10.1. The van der Waals surface area contributed by atoms with Crippen LogP contribution in [0.4, 0.5) is 5.69 Å². The molecule has 3 saturated heterocycles. The second-order valence-corrected chi connectivity index (χ2v) is 6.32. The third-order valence-corrected chi connectivity index (χ3v) is 4.96. The largest absolute Gasteiger partial charge is 0.451 e. The van der Waals surface area contributed by atoms with E-state index < -0.39 is 0 Å². The number of nitrogen functional groups attached to an aromatic ring is 1. The lowest BCUT2D eigenvalue weighted by Gasteiger charge is -2.30. The van der Waals surface area contributed by atoms with Gasteiger partial charge in [0.15, 0.2) is 5.76 Å². The van der Waals surface area contributed by atoms with Gasteiger partial charge in [0, 0.05) is 43.5 Å². The number of nitrogens with zero attached hydrogens (tertiary/aromatic N) is 2. The smallest absolute Gasteiger partial charge is 0.289 e. The maximum atomic E-state index is 12.9. The molecule has 0 saturated carbocycles. The van der Waals surface area contributed by atoms with Crippen molar-refractivity contribution in [1.29, 1.82) is 0 Å². The van der Waals surface area contributed by atoms with Crippen LogP contribution in [0.25, 0.3) is 11.3 Å². The maximum absolute atomic E-state index is 12.9. The summed E-state index contributed by atoms with van der Waals surface area (Å²) in [7, 11) is 0. The molecule has 120 valence electrons. The molecule has 1 aromatic carbocycles. The van der Waals surface area contributed by atoms with Crippen LogP contribution >= 0.6 is 0 Å². The summed E-state index contributed by atoms with van der Waals surface area (Å²) < 4.78 is 5.83. The molecule has 3 aliphatic rings. The number of hydrogen-bond acceptors (Lipinski definition) is 4. The molecule has 0 aliphatic carbocycles. The summed E-state index contributed by atoms with van der Waals surface area (Å²) in [5.74, 6) is 1.05. The molecule has 2 N–H and O–H groups in total. The molecule has 23 heavy (non-hydrogen) atoms. The Morgan fingerprint density at radius 1 is 1.04 bits per heavy atom. The van der Waals surface area contributed by atoms with E-state index in [9.17, 15) is 4.79 Å². The van der Waals surface area contributed by atoms with E-state index in [2.05, 4.69) is 4.90 Å². The molecule has 3 fully saturated rings. The Labute approximate surface area is 135 Å². The number of nitrogens with two attached hydrogens (primary N) is 1. The number of furan rings is 1. The minimum absolute atomic E-state index is 0.000461. The highest BCUT2D eigenvalue weighted by atomic mass is 16.4. The Balaban J connectivity index is 1.59. The number of piperidine rings is 1. The molecule has 5 rings (SSSR count). The summed E-state index contributed by atoms with van der Waals surface area (Å²) in [6.45, 7) is 3.94. The number of hydrogen-bond donors (Lipinski definition) is 1. The second-order valence-electron chi connectivity index (χ2n) is 6.32. The lowest BCUT2D eigenvalue weighted by Crippen LogP contribution is -2.41. The molecule has 0 atom stereocenters. The highest BCUT2D eigenvalue weighted by Gasteiger charge is 2.33. The van der Waals surface area contributed by atoms with Gasteiger partial charge in [-0.2, -0.15) is 0 Å². The SMILES string of the molecule is Nc1ccccc1-c1ccc(C(=O)N2CCN3CCC2CC3)o1. The van der Waals surface area contributed by atoms with Crippen molar-refractivity contribution in [3.8, 4) is 11.3 Å². The zero-order valence-electron chi connectivity index (χ0n) is 13.1. The van der Waals surface area contributed by atoms with Gasteiger partial charge in [-0.1, -0.05) is 12.1 Å². The van der Waals surface area contributed by atoms with E-state index >= 15 is 0 Å². The average molecular weight is 311 g/mol. The Hall–Kier alpha value is -2.27. The van der Waals surface area contributed by atoms with E-state index in [0.29, 0.717) is 23.2 Å². The van der Waals surface area contributed by atoms with Crippen molar-refractivity contribution < 1.29 is 9.21 Å². The Bertz CT molecular complexity index is 717. The van der Waals surface area contributed by atoms with Gasteiger partial charge >= 0.3 is 0 Å². The van der Waals surface area contributed by atoms with E-state index in [4.69, 9.17) is 10.2 Å². The van der Waals surface area contributed by atoms with Gasteiger partial charge in [0.2, 0.25) is 0 Å². The lowest BCUT2D eigenvalue weighted by molar-refractivity contribution is 0.0653. The Kier molecular flexibility index (Phi) is 3.58. The topological polar surface area (TPSA) is 62.7 Å². The molecular formula is C18H21N3O2. The zero-order valence-corrected chi connectivity index (χ0v) is 13.1. The van der Waals surface area contributed by atoms with Gasteiger partial charge in [0.05, 0.1) is 0 Å². The van der Waals surface area contributed by atoms with Crippen LogP contribution in [0, 0.1) is 0 Å². The minimum atomic E-state index is -0.000461. The molecule has 3 aliphatic heterocycles. The molecular weight excluding hydrogens is 290 g/mol. The first-order valence-electron chi connectivity index (χ1n) is 8.20. The number of fused-ring (bicyclic) bond motifs is 4. The summed E-state index contributed by atoms with van der Waals surface area (Å²) in [4.78, 5) is 17.3. The van der Waals surface area contributed by atoms with Gasteiger partial charge in [-0.05, 0) is 37.1 Å². The number of rotatable bonds is 2. The third kappa shape index (κ3) is 2.61. The number of para-hydroxylation sites is 1. The fraction of sp³-hybridized carbons (Fsp3) is 0.389. The summed E-state index contributed by atoms with van der Waals surface area (Å²) in [6, 6.07) is 11.5. The summed E-state index contributed by atoms with van der Waals surface area (Å²) in [5.41, 5.74) is 7.47. The molecule has 5 nitrogen and oxygen atoms in total. The van der Waals surface area contributed by atoms with Crippen molar-refractivity contribution in [2.75, 3.05) is 31.9 Å². The summed E-state index contributed by atoms with van der Waals surface area (Å²) in [5, 5.41) is 0. The molecule has 2 aromatic rings. The van der Waals surface area contributed by atoms with Crippen LogP contribution in [0.3, 0.4) is 0 Å². The summed E-state index contributed by atoms with van der Waals surface area (Å²) >= 11 is 0. The predicted molar refractivity (Wildman–Crippen MR) is 89.1 cm³/mol. The number of carbonyl (C=O) groups excluding carboxylic acids is 1. The van der Waals surface area contributed by atoms with Gasteiger partial charge in [0.25, 0.3) is 5.91 Å². The van der Waals surface area contributed by atoms with E-state index in [1.165, 1.54) is 0 Å². The molecule has 1 amide bonds.